The third kappa shape index (κ3) is 4.79. The maximum atomic E-state index is 15.1. The van der Waals surface area contributed by atoms with Crippen LogP contribution in [-0.2, 0) is 16.9 Å². The van der Waals surface area contributed by atoms with Crippen LogP contribution >= 0.6 is 11.8 Å². The van der Waals surface area contributed by atoms with Gasteiger partial charge in [-0.25, -0.2) is 4.39 Å². The Balaban J connectivity index is 1.38. The summed E-state index contributed by atoms with van der Waals surface area (Å²) >= 11 is 1.53. The Kier molecular flexibility index (Phi) is 6.79. The van der Waals surface area contributed by atoms with E-state index in [0.717, 1.165) is 24.2 Å². The third-order valence-electron chi connectivity index (χ3n) is 6.72. The summed E-state index contributed by atoms with van der Waals surface area (Å²) in [5, 5.41) is 3.51. The van der Waals surface area contributed by atoms with Crippen LogP contribution in [0.1, 0.15) is 40.7 Å². The molecule has 5 rings (SSSR count). The van der Waals surface area contributed by atoms with E-state index in [9.17, 15) is 4.79 Å². The van der Waals surface area contributed by atoms with Crippen molar-refractivity contribution in [3.05, 3.63) is 107 Å². The predicted molar refractivity (Wildman–Crippen MR) is 134 cm³/mol. The maximum absolute atomic E-state index is 15.1. The second-order valence-electron chi connectivity index (χ2n) is 8.84. The van der Waals surface area contributed by atoms with E-state index in [4.69, 9.17) is 9.73 Å². The van der Waals surface area contributed by atoms with E-state index in [-0.39, 0.29) is 23.7 Å². The quantitative estimate of drug-likeness (QED) is 0.498. The first-order valence-electron chi connectivity index (χ1n) is 11.6. The molecule has 6 heteroatoms. The van der Waals surface area contributed by atoms with Crippen LogP contribution in [0.3, 0.4) is 0 Å². The number of amidine groups is 1. The average Bonchev–Trinajstić information content (AvgIpc) is 2.88. The highest BCUT2D eigenvalue weighted by molar-refractivity contribution is 8.13. The summed E-state index contributed by atoms with van der Waals surface area (Å²) in [6, 6.07) is 26.1. The Morgan fingerprint density at radius 1 is 1.03 bits per heavy atom. The molecule has 0 saturated heterocycles. The van der Waals surface area contributed by atoms with E-state index in [1.165, 1.54) is 17.8 Å². The fraction of sp³-hybridized carbons (Fsp3) is 0.286. The SMILES string of the molecule is O=C(NC1=N[C@@]2(c3ccccc3F)CC[C@H](OCc3ccccc3)C[C@H]2CS1)c1ccccc1. The molecule has 0 aromatic heterocycles. The zero-order chi connectivity index (χ0) is 23.4. The molecular weight excluding hydrogens is 447 g/mol. The van der Waals surface area contributed by atoms with Crippen LogP contribution in [0, 0.1) is 11.7 Å². The molecular formula is C28H27FN2O2S. The molecule has 34 heavy (non-hydrogen) atoms. The number of fused-ring (bicyclic) bond motifs is 1. The molecule has 0 bridgehead atoms. The van der Waals surface area contributed by atoms with Crippen molar-refractivity contribution in [2.45, 2.75) is 37.5 Å². The minimum absolute atomic E-state index is 0.0985. The number of benzene rings is 3. The molecule has 1 N–H and O–H groups in total. The second-order valence-corrected chi connectivity index (χ2v) is 9.85. The van der Waals surface area contributed by atoms with E-state index < -0.39 is 5.54 Å². The fourth-order valence-electron chi connectivity index (χ4n) is 4.95. The summed E-state index contributed by atoms with van der Waals surface area (Å²) < 4.78 is 21.3. The summed E-state index contributed by atoms with van der Waals surface area (Å²) in [4.78, 5) is 17.8. The van der Waals surface area contributed by atoms with E-state index in [1.54, 1.807) is 18.2 Å². The van der Waals surface area contributed by atoms with Crippen molar-refractivity contribution in [3.8, 4) is 0 Å². The van der Waals surface area contributed by atoms with Gasteiger partial charge in [0, 0.05) is 22.8 Å². The number of hydrogen-bond donors (Lipinski definition) is 1. The van der Waals surface area contributed by atoms with Crippen molar-refractivity contribution in [1.29, 1.82) is 0 Å². The van der Waals surface area contributed by atoms with E-state index in [2.05, 4.69) is 17.4 Å². The minimum atomic E-state index is -0.706. The largest absolute Gasteiger partial charge is 0.374 e. The zero-order valence-corrected chi connectivity index (χ0v) is 19.6. The molecule has 1 amide bonds. The van der Waals surface area contributed by atoms with Crippen molar-refractivity contribution >= 4 is 22.8 Å². The number of amides is 1. The van der Waals surface area contributed by atoms with Crippen LogP contribution in [0.5, 0.6) is 0 Å². The van der Waals surface area contributed by atoms with Crippen LogP contribution in [0.15, 0.2) is 89.9 Å². The predicted octanol–water partition coefficient (Wildman–Crippen LogP) is 5.94. The van der Waals surface area contributed by atoms with Gasteiger partial charge in [0.05, 0.1) is 18.2 Å². The topological polar surface area (TPSA) is 50.7 Å². The molecule has 3 aromatic carbocycles. The van der Waals surface area contributed by atoms with Gasteiger partial charge in [-0.1, -0.05) is 78.5 Å². The van der Waals surface area contributed by atoms with E-state index >= 15 is 4.39 Å². The molecule has 1 aliphatic heterocycles. The lowest BCUT2D eigenvalue weighted by Crippen LogP contribution is -2.48. The summed E-state index contributed by atoms with van der Waals surface area (Å²) in [6.07, 6.45) is 2.36. The van der Waals surface area contributed by atoms with Crippen LogP contribution in [0.2, 0.25) is 0 Å². The molecule has 3 aromatic rings. The minimum Gasteiger partial charge on any atom is -0.374 e. The molecule has 1 aliphatic carbocycles. The standard InChI is InChI=1S/C28H27FN2O2S/c29-25-14-8-7-13-24(25)28-16-15-23(33-18-20-9-3-1-4-10-20)17-22(28)19-34-27(31-28)30-26(32)21-11-5-2-6-12-21/h1-14,22-23H,15-19H2,(H,30,31,32)/t22-,23-,28-/m0/s1. The Labute approximate surface area is 203 Å². The van der Waals surface area contributed by atoms with Crippen LogP contribution in [0.4, 0.5) is 4.39 Å². The summed E-state index contributed by atoms with van der Waals surface area (Å²) in [5.74, 6) is 0.406. The molecule has 3 atom stereocenters. The first-order valence-corrected chi connectivity index (χ1v) is 12.6. The zero-order valence-electron chi connectivity index (χ0n) is 18.8. The first-order chi connectivity index (χ1) is 16.6. The van der Waals surface area contributed by atoms with Gasteiger partial charge in [0.2, 0.25) is 0 Å². The molecule has 1 fully saturated rings. The number of carbonyl (C=O) groups excluding carboxylic acids is 1. The van der Waals surface area contributed by atoms with E-state index in [1.807, 2.05) is 48.5 Å². The molecule has 4 nitrogen and oxygen atoms in total. The van der Waals surface area contributed by atoms with Crippen molar-refractivity contribution in [2.24, 2.45) is 10.9 Å². The number of thioether (sulfide) groups is 1. The lowest BCUT2D eigenvalue weighted by molar-refractivity contribution is -0.0169. The normalized spacial score (nSPS) is 24.1. The van der Waals surface area contributed by atoms with Gasteiger partial charge >= 0.3 is 0 Å². The van der Waals surface area contributed by atoms with Crippen molar-refractivity contribution in [3.63, 3.8) is 0 Å². The molecule has 0 radical (unpaired) electrons. The van der Waals surface area contributed by atoms with Crippen molar-refractivity contribution in [1.82, 2.24) is 5.32 Å². The summed E-state index contributed by atoms with van der Waals surface area (Å²) in [5.41, 5.74) is 1.62. The number of nitrogens with one attached hydrogen (secondary N) is 1. The molecule has 0 unspecified atom stereocenters. The molecule has 2 aliphatic rings. The van der Waals surface area contributed by atoms with Gasteiger partial charge in [0.25, 0.3) is 5.91 Å². The highest BCUT2D eigenvalue weighted by Gasteiger charge is 2.49. The van der Waals surface area contributed by atoms with Gasteiger partial charge in [-0.15, -0.1) is 0 Å². The number of aliphatic imine (C=N–C) groups is 1. The summed E-state index contributed by atoms with van der Waals surface area (Å²) in [6.45, 7) is 0.569. The van der Waals surface area contributed by atoms with Gasteiger partial charge in [0.1, 0.15) is 5.82 Å². The smallest absolute Gasteiger partial charge is 0.257 e. The maximum Gasteiger partial charge on any atom is 0.257 e. The lowest BCUT2D eigenvalue weighted by atomic mass is 9.68. The average molecular weight is 475 g/mol. The van der Waals surface area contributed by atoms with Gasteiger partial charge < -0.3 is 10.1 Å². The Hall–Kier alpha value is -2.96. The number of nitrogens with zero attached hydrogens (tertiary/aromatic N) is 1. The van der Waals surface area contributed by atoms with Crippen LogP contribution < -0.4 is 5.32 Å². The Bertz CT molecular complexity index is 1170. The van der Waals surface area contributed by atoms with Crippen molar-refractivity contribution in [2.75, 3.05) is 5.75 Å². The first kappa shape index (κ1) is 22.8. The number of rotatable bonds is 5. The fourth-order valence-corrected chi connectivity index (χ4v) is 6.11. The third-order valence-corrected chi connectivity index (χ3v) is 7.75. The van der Waals surface area contributed by atoms with Gasteiger partial charge in [-0.05, 0) is 43.0 Å². The number of ether oxygens (including phenoxy) is 1. The lowest BCUT2D eigenvalue weighted by Gasteiger charge is -2.46. The highest BCUT2D eigenvalue weighted by Crippen LogP contribution is 2.50. The number of carbonyl (C=O) groups is 1. The number of halogens is 1. The van der Waals surface area contributed by atoms with Crippen molar-refractivity contribution < 1.29 is 13.9 Å². The van der Waals surface area contributed by atoms with Gasteiger partial charge in [0.15, 0.2) is 5.17 Å². The Morgan fingerprint density at radius 3 is 2.50 bits per heavy atom. The Morgan fingerprint density at radius 2 is 1.74 bits per heavy atom. The monoisotopic (exact) mass is 474 g/mol. The molecule has 174 valence electrons. The van der Waals surface area contributed by atoms with E-state index in [0.29, 0.717) is 29.3 Å². The summed E-state index contributed by atoms with van der Waals surface area (Å²) in [7, 11) is 0. The van der Waals surface area contributed by atoms with Crippen LogP contribution in [-0.4, -0.2) is 22.9 Å². The van der Waals surface area contributed by atoms with Crippen LogP contribution in [0.25, 0.3) is 0 Å². The van der Waals surface area contributed by atoms with Gasteiger partial charge in [-0.3, -0.25) is 9.79 Å². The molecule has 1 saturated carbocycles. The molecule has 1 heterocycles. The molecule has 0 spiro atoms. The highest BCUT2D eigenvalue weighted by atomic mass is 32.2. The second kappa shape index (κ2) is 10.1. The van der Waals surface area contributed by atoms with Gasteiger partial charge in [-0.2, -0.15) is 0 Å². The number of hydrogen-bond acceptors (Lipinski definition) is 4.